The summed E-state index contributed by atoms with van der Waals surface area (Å²) < 4.78 is 69.0. The van der Waals surface area contributed by atoms with Crippen molar-refractivity contribution < 1.29 is 26.4 Å². The molecule has 2 aromatic carbocycles. The van der Waals surface area contributed by atoms with Gasteiger partial charge in [-0.25, -0.2) is 31.1 Å². The van der Waals surface area contributed by atoms with Crippen LogP contribution in [0.4, 0.5) is 18.0 Å². The van der Waals surface area contributed by atoms with E-state index in [-0.39, 0.29) is 27.6 Å². The average Bonchev–Trinajstić information content (AvgIpc) is 2.83. The van der Waals surface area contributed by atoms with Gasteiger partial charge in [0.25, 0.3) is 10.0 Å². The Morgan fingerprint density at radius 1 is 0.946 bits per heavy atom. The number of nitrogens with one attached hydrogen (secondary N) is 2. The minimum Gasteiger partial charge on any atom is -0.329 e. The lowest BCUT2D eigenvalue weighted by Gasteiger charge is -2.22. The maximum atomic E-state index is 13.9. The maximum absolute atomic E-state index is 13.9. The molecule has 0 saturated heterocycles. The van der Waals surface area contributed by atoms with Crippen LogP contribution < -0.4 is 10.0 Å². The standard InChI is InChI=1S/C25H18ClF3N4O3S/c26-21-5-1-2-6-23(21)37(35,36)33-25(34)32-22(10-15-8-17(27)12-18(28)9-15)24-20(4-3-7-31-24)16-11-19(29)14-30-13-16/h1-9,11-14,22H,10H2,(H2,32,33,34)/t22-/m0/s1. The summed E-state index contributed by atoms with van der Waals surface area (Å²) in [6.07, 6.45) is 3.62. The first-order valence-corrected chi connectivity index (χ1v) is 12.6. The second-order valence-corrected chi connectivity index (χ2v) is 9.93. The summed E-state index contributed by atoms with van der Waals surface area (Å²) in [6.45, 7) is 0. The Kier molecular flexibility index (Phi) is 7.74. The molecule has 0 bridgehead atoms. The van der Waals surface area contributed by atoms with Gasteiger partial charge in [-0.15, -0.1) is 0 Å². The molecule has 0 aliphatic heterocycles. The maximum Gasteiger partial charge on any atom is 0.329 e. The summed E-state index contributed by atoms with van der Waals surface area (Å²) in [4.78, 5) is 20.7. The predicted molar refractivity (Wildman–Crippen MR) is 131 cm³/mol. The summed E-state index contributed by atoms with van der Waals surface area (Å²) in [6, 6.07) is 10.5. The van der Waals surface area contributed by atoms with Crippen molar-refractivity contribution in [1.29, 1.82) is 0 Å². The van der Waals surface area contributed by atoms with Gasteiger partial charge in [0, 0.05) is 29.6 Å². The zero-order chi connectivity index (χ0) is 26.6. The molecule has 37 heavy (non-hydrogen) atoms. The van der Waals surface area contributed by atoms with E-state index in [1.807, 2.05) is 4.72 Å². The molecule has 2 amide bonds. The Bertz CT molecular complexity index is 1550. The third kappa shape index (κ3) is 6.43. The van der Waals surface area contributed by atoms with Crippen molar-refractivity contribution in [2.45, 2.75) is 17.4 Å². The van der Waals surface area contributed by atoms with E-state index < -0.39 is 39.5 Å². The molecule has 4 aromatic rings. The van der Waals surface area contributed by atoms with E-state index in [1.165, 1.54) is 42.7 Å². The van der Waals surface area contributed by atoms with Gasteiger partial charge in [-0.3, -0.25) is 9.97 Å². The number of aromatic nitrogens is 2. The van der Waals surface area contributed by atoms with Gasteiger partial charge < -0.3 is 5.32 Å². The van der Waals surface area contributed by atoms with E-state index >= 15 is 0 Å². The lowest BCUT2D eigenvalue weighted by atomic mass is 9.96. The van der Waals surface area contributed by atoms with Crippen LogP contribution >= 0.6 is 11.6 Å². The normalized spacial score (nSPS) is 12.1. The molecule has 12 heteroatoms. The fourth-order valence-electron chi connectivity index (χ4n) is 3.71. The molecule has 0 radical (unpaired) electrons. The first-order chi connectivity index (χ1) is 17.6. The van der Waals surface area contributed by atoms with Crippen LogP contribution in [-0.2, 0) is 16.4 Å². The van der Waals surface area contributed by atoms with E-state index in [1.54, 1.807) is 12.1 Å². The van der Waals surface area contributed by atoms with Crippen LogP contribution in [0.15, 0.2) is 84.1 Å². The van der Waals surface area contributed by atoms with Crippen molar-refractivity contribution in [3.63, 3.8) is 0 Å². The number of amides is 2. The summed E-state index contributed by atoms with van der Waals surface area (Å²) in [5, 5.41) is 2.40. The van der Waals surface area contributed by atoms with Crippen molar-refractivity contribution >= 4 is 27.7 Å². The van der Waals surface area contributed by atoms with Gasteiger partial charge in [-0.2, -0.15) is 0 Å². The SMILES string of the molecule is O=C(N[C@@H](Cc1cc(F)cc(F)c1)c1ncccc1-c1cncc(F)c1)NS(=O)(=O)c1ccccc1Cl. The highest BCUT2D eigenvalue weighted by Gasteiger charge is 2.25. The van der Waals surface area contributed by atoms with Gasteiger partial charge >= 0.3 is 6.03 Å². The number of carbonyl (C=O) groups excluding carboxylic acids is 1. The zero-order valence-corrected chi connectivity index (χ0v) is 20.4. The molecule has 2 N–H and O–H groups in total. The predicted octanol–water partition coefficient (Wildman–Crippen LogP) is 5.19. The molecule has 0 unspecified atom stereocenters. The number of pyridine rings is 2. The number of hydrogen-bond donors (Lipinski definition) is 2. The highest BCUT2D eigenvalue weighted by atomic mass is 35.5. The Labute approximate surface area is 215 Å². The minimum atomic E-state index is -4.37. The lowest BCUT2D eigenvalue weighted by molar-refractivity contribution is 0.242. The largest absolute Gasteiger partial charge is 0.329 e. The molecule has 0 fully saturated rings. The fraction of sp³-hybridized carbons (Fsp3) is 0.0800. The smallest absolute Gasteiger partial charge is 0.329 e. The van der Waals surface area contributed by atoms with Gasteiger partial charge in [0.2, 0.25) is 0 Å². The summed E-state index contributed by atoms with van der Waals surface area (Å²) in [7, 11) is -4.37. The number of halogens is 4. The number of sulfonamides is 1. The highest BCUT2D eigenvalue weighted by molar-refractivity contribution is 7.90. The van der Waals surface area contributed by atoms with Gasteiger partial charge in [-0.1, -0.05) is 29.8 Å². The number of urea groups is 1. The molecule has 0 aliphatic carbocycles. The third-order valence-corrected chi connectivity index (χ3v) is 7.04. The van der Waals surface area contributed by atoms with Crippen LogP contribution in [0.3, 0.4) is 0 Å². The van der Waals surface area contributed by atoms with Crippen LogP contribution in [0.2, 0.25) is 5.02 Å². The molecule has 0 aliphatic rings. The van der Waals surface area contributed by atoms with Crippen LogP contribution in [0.1, 0.15) is 17.3 Å². The number of benzene rings is 2. The molecule has 4 rings (SSSR count). The zero-order valence-electron chi connectivity index (χ0n) is 18.8. The third-order valence-electron chi connectivity index (χ3n) is 5.21. The minimum absolute atomic E-state index is 0.0970. The van der Waals surface area contributed by atoms with Gasteiger partial charge in [0.15, 0.2) is 0 Å². The first-order valence-electron chi connectivity index (χ1n) is 10.7. The van der Waals surface area contributed by atoms with Crippen LogP contribution in [0.5, 0.6) is 0 Å². The number of carbonyl (C=O) groups is 1. The summed E-state index contributed by atoms with van der Waals surface area (Å²) >= 11 is 5.96. The molecular formula is C25H18ClF3N4O3S. The number of rotatable bonds is 7. The lowest BCUT2D eigenvalue weighted by Crippen LogP contribution is -2.42. The van der Waals surface area contributed by atoms with Crippen LogP contribution in [0.25, 0.3) is 11.1 Å². The van der Waals surface area contributed by atoms with Crippen LogP contribution in [0, 0.1) is 17.5 Å². The van der Waals surface area contributed by atoms with Crippen molar-refractivity contribution in [1.82, 2.24) is 20.0 Å². The Morgan fingerprint density at radius 3 is 2.38 bits per heavy atom. The second kappa shape index (κ2) is 11.0. The van der Waals surface area contributed by atoms with E-state index in [2.05, 4.69) is 15.3 Å². The highest BCUT2D eigenvalue weighted by Crippen LogP contribution is 2.29. The number of hydrogen-bond acceptors (Lipinski definition) is 5. The van der Waals surface area contributed by atoms with Crippen molar-refractivity contribution in [3.8, 4) is 11.1 Å². The van der Waals surface area contributed by atoms with Crippen LogP contribution in [-0.4, -0.2) is 24.4 Å². The Morgan fingerprint density at radius 2 is 1.68 bits per heavy atom. The monoisotopic (exact) mass is 546 g/mol. The molecule has 2 aromatic heterocycles. The Hall–Kier alpha value is -3.96. The van der Waals surface area contributed by atoms with E-state index in [9.17, 15) is 26.4 Å². The fourth-order valence-corrected chi connectivity index (χ4v) is 5.14. The van der Waals surface area contributed by atoms with Gasteiger partial charge in [0.1, 0.15) is 22.3 Å². The second-order valence-electron chi connectivity index (χ2n) is 7.87. The molecule has 2 heterocycles. The average molecular weight is 547 g/mol. The van der Waals surface area contributed by atoms with E-state index in [0.29, 0.717) is 17.2 Å². The topological polar surface area (TPSA) is 101 Å². The quantitative estimate of drug-likeness (QED) is 0.332. The summed E-state index contributed by atoms with van der Waals surface area (Å²) in [5.41, 5.74) is 1.03. The van der Waals surface area contributed by atoms with Crippen molar-refractivity contribution in [2.24, 2.45) is 0 Å². The van der Waals surface area contributed by atoms with E-state index in [0.717, 1.165) is 18.3 Å². The summed E-state index contributed by atoms with van der Waals surface area (Å²) in [5.74, 6) is -2.29. The molecule has 7 nitrogen and oxygen atoms in total. The molecule has 1 atom stereocenters. The molecule has 190 valence electrons. The van der Waals surface area contributed by atoms with Gasteiger partial charge in [0.05, 0.1) is 23.0 Å². The number of nitrogens with zero attached hydrogens (tertiary/aromatic N) is 2. The van der Waals surface area contributed by atoms with Gasteiger partial charge in [-0.05, 0) is 48.4 Å². The Balaban J connectivity index is 1.71. The molecular weight excluding hydrogens is 529 g/mol. The first kappa shape index (κ1) is 26.1. The molecule has 0 saturated carbocycles. The molecule has 0 spiro atoms. The van der Waals surface area contributed by atoms with E-state index in [4.69, 9.17) is 11.6 Å². The van der Waals surface area contributed by atoms with Crippen molar-refractivity contribution in [2.75, 3.05) is 0 Å². The van der Waals surface area contributed by atoms with Crippen molar-refractivity contribution in [3.05, 3.63) is 113 Å².